The Morgan fingerprint density at radius 2 is 1.62 bits per heavy atom. The second kappa shape index (κ2) is 8.90. The number of hydrogen-bond acceptors (Lipinski definition) is 5. The summed E-state index contributed by atoms with van der Waals surface area (Å²) in [5.74, 6) is 0.693. The molecule has 0 fully saturated rings. The zero-order chi connectivity index (χ0) is 23.7. The van der Waals surface area contributed by atoms with Crippen molar-refractivity contribution in [1.82, 2.24) is 14.5 Å². The van der Waals surface area contributed by atoms with Gasteiger partial charge >= 0.3 is 0 Å². The number of benzene rings is 3. The van der Waals surface area contributed by atoms with E-state index < -0.39 is 10.0 Å². The molecule has 9 heteroatoms. The number of sulfonamides is 1. The molecule has 0 spiro atoms. The van der Waals surface area contributed by atoms with Crippen molar-refractivity contribution in [2.24, 2.45) is 5.14 Å². The molecule has 0 aliphatic heterocycles. The number of nitrogens with zero attached hydrogens (tertiary/aromatic N) is 3. The first-order chi connectivity index (χ1) is 16.4. The summed E-state index contributed by atoms with van der Waals surface area (Å²) in [6.07, 6.45) is 3.47. The molecule has 3 N–H and O–H groups in total. The van der Waals surface area contributed by atoms with Crippen molar-refractivity contribution in [2.75, 3.05) is 5.32 Å². The van der Waals surface area contributed by atoms with E-state index in [0.717, 1.165) is 27.8 Å². The van der Waals surface area contributed by atoms with E-state index in [1.165, 1.54) is 18.5 Å². The highest BCUT2D eigenvalue weighted by Crippen LogP contribution is 2.36. The van der Waals surface area contributed by atoms with Crippen molar-refractivity contribution >= 4 is 38.5 Å². The lowest BCUT2D eigenvalue weighted by molar-refractivity contribution is 0.598. The van der Waals surface area contributed by atoms with E-state index in [9.17, 15) is 8.42 Å². The minimum Gasteiger partial charge on any atom is -0.365 e. The third-order valence-electron chi connectivity index (χ3n) is 5.48. The molecule has 0 bridgehead atoms. The van der Waals surface area contributed by atoms with Crippen LogP contribution in [0.5, 0.6) is 0 Å². The zero-order valence-electron chi connectivity index (χ0n) is 17.9. The normalized spacial score (nSPS) is 11.6. The predicted molar refractivity (Wildman–Crippen MR) is 134 cm³/mol. The molecule has 0 unspecified atom stereocenters. The Morgan fingerprint density at radius 1 is 0.912 bits per heavy atom. The molecule has 0 amide bonds. The fraction of sp³-hybridized carbons (Fsp3) is 0.0400. The third-order valence-corrected chi connectivity index (χ3v) is 6.67. The molecule has 0 aliphatic rings. The maximum absolute atomic E-state index is 11.7. The van der Waals surface area contributed by atoms with Gasteiger partial charge in [-0.3, -0.25) is 0 Å². The molecule has 7 nitrogen and oxygen atoms in total. The molecule has 3 aromatic carbocycles. The fourth-order valence-electron chi connectivity index (χ4n) is 3.82. The molecule has 0 atom stereocenters. The van der Waals surface area contributed by atoms with Gasteiger partial charge in [0.25, 0.3) is 0 Å². The molecular formula is C25H20ClN5O2S. The van der Waals surface area contributed by atoms with Crippen LogP contribution < -0.4 is 10.5 Å². The second-order valence-corrected chi connectivity index (χ2v) is 9.72. The summed E-state index contributed by atoms with van der Waals surface area (Å²) in [7, 11) is -3.78. The van der Waals surface area contributed by atoms with E-state index in [0.29, 0.717) is 23.0 Å². The monoisotopic (exact) mass is 489 g/mol. The van der Waals surface area contributed by atoms with Crippen LogP contribution in [0.25, 0.3) is 27.8 Å². The first kappa shape index (κ1) is 22.1. The summed E-state index contributed by atoms with van der Waals surface area (Å²) in [5.41, 5.74) is 4.41. The molecule has 2 heterocycles. The minimum absolute atomic E-state index is 0.0467. The molecule has 5 rings (SSSR count). The number of nitrogens with two attached hydrogens (primary N) is 1. The largest absolute Gasteiger partial charge is 0.365 e. The molecular weight excluding hydrogens is 470 g/mol. The number of anilines is 1. The average molecular weight is 490 g/mol. The average Bonchev–Trinajstić information content (AvgIpc) is 3.24. The highest BCUT2D eigenvalue weighted by molar-refractivity contribution is 7.89. The van der Waals surface area contributed by atoms with Crippen LogP contribution >= 0.6 is 11.6 Å². The maximum Gasteiger partial charge on any atom is 0.238 e. The van der Waals surface area contributed by atoms with Gasteiger partial charge in [0.05, 0.1) is 10.3 Å². The molecule has 0 aliphatic carbocycles. The summed E-state index contributed by atoms with van der Waals surface area (Å²) in [5, 5.41) is 10.2. The fourth-order valence-corrected chi connectivity index (χ4v) is 4.46. The van der Waals surface area contributed by atoms with Crippen molar-refractivity contribution in [3.05, 3.63) is 102 Å². The van der Waals surface area contributed by atoms with Crippen molar-refractivity contribution in [3.8, 4) is 16.8 Å². The predicted octanol–water partition coefficient (Wildman–Crippen LogP) is 5.00. The van der Waals surface area contributed by atoms with Gasteiger partial charge in [0.2, 0.25) is 10.0 Å². The van der Waals surface area contributed by atoms with Crippen molar-refractivity contribution in [1.29, 1.82) is 0 Å². The third kappa shape index (κ3) is 4.38. The second-order valence-electron chi connectivity index (χ2n) is 7.72. The van der Waals surface area contributed by atoms with Gasteiger partial charge in [-0.25, -0.2) is 23.5 Å². The summed E-state index contributed by atoms with van der Waals surface area (Å²) in [6.45, 7) is 0.598. The first-order valence-electron chi connectivity index (χ1n) is 10.4. The summed E-state index contributed by atoms with van der Waals surface area (Å²) >= 11 is 6.12. The Bertz CT molecular complexity index is 1570. The van der Waals surface area contributed by atoms with E-state index in [1.54, 1.807) is 12.1 Å². The Balaban J connectivity index is 1.66. The van der Waals surface area contributed by atoms with Crippen LogP contribution in [0.1, 0.15) is 5.56 Å². The number of hydrogen-bond donors (Lipinski definition) is 2. The van der Waals surface area contributed by atoms with Crippen molar-refractivity contribution < 1.29 is 8.42 Å². The van der Waals surface area contributed by atoms with Gasteiger partial charge in [-0.05, 0) is 47.5 Å². The van der Waals surface area contributed by atoms with Crippen LogP contribution in [-0.4, -0.2) is 23.0 Å². The minimum atomic E-state index is -3.78. The molecule has 170 valence electrons. The quantitative estimate of drug-likeness (QED) is 0.349. The highest BCUT2D eigenvalue weighted by Gasteiger charge is 2.18. The van der Waals surface area contributed by atoms with E-state index in [1.807, 2.05) is 65.4 Å². The van der Waals surface area contributed by atoms with E-state index in [4.69, 9.17) is 16.7 Å². The zero-order valence-corrected chi connectivity index (χ0v) is 19.5. The van der Waals surface area contributed by atoms with Gasteiger partial charge in [-0.15, -0.1) is 0 Å². The molecule has 2 aromatic heterocycles. The van der Waals surface area contributed by atoms with Crippen LogP contribution in [-0.2, 0) is 16.6 Å². The number of rotatable bonds is 6. The van der Waals surface area contributed by atoms with Gasteiger partial charge < -0.3 is 9.88 Å². The Kier molecular flexibility index (Phi) is 5.79. The molecule has 0 saturated heterocycles. The van der Waals surface area contributed by atoms with Crippen LogP contribution in [0.2, 0.25) is 5.02 Å². The van der Waals surface area contributed by atoms with E-state index >= 15 is 0 Å². The summed E-state index contributed by atoms with van der Waals surface area (Å²) in [4.78, 5) is 9.12. The number of primary sulfonamides is 1. The summed E-state index contributed by atoms with van der Waals surface area (Å²) < 4.78 is 25.3. The smallest absolute Gasteiger partial charge is 0.238 e. The lowest BCUT2D eigenvalue weighted by atomic mass is 10.1. The van der Waals surface area contributed by atoms with Crippen molar-refractivity contribution in [2.45, 2.75) is 11.4 Å². The molecule has 34 heavy (non-hydrogen) atoms. The Morgan fingerprint density at radius 3 is 2.29 bits per heavy atom. The number of halogens is 1. The number of fused-ring (bicyclic) bond motifs is 1. The van der Waals surface area contributed by atoms with Gasteiger partial charge in [0.15, 0.2) is 5.65 Å². The van der Waals surface area contributed by atoms with Crippen LogP contribution in [0.15, 0.2) is 96.3 Å². The van der Waals surface area contributed by atoms with Gasteiger partial charge in [0, 0.05) is 29.0 Å². The highest BCUT2D eigenvalue weighted by atomic mass is 35.5. The number of nitrogens with one attached hydrogen (secondary N) is 1. The van der Waals surface area contributed by atoms with Gasteiger partial charge in [-0.2, -0.15) is 0 Å². The van der Waals surface area contributed by atoms with Gasteiger partial charge in [0.1, 0.15) is 12.1 Å². The molecule has 0 saturated carbocycles. The molecule has 5 aromatic rings. The van der Waals surface area contributed by atoms with Crippen LogP contribution in [0.4, 0.5) is 5.82 Å². The lowest BCUT2D eigenvalue weighted by Gasteiger charge is -2.09. The number of aromatic nitrogens is 3. The van der Waals surface area contributed by atoms with E-state index in [2.05, 4.69) is 15.3 Å². The Labute approximate surface area is 201 Å². The maximum atomic E-state index is 11.7. The lowest BCUT2D eigenvalue weighted by Crippen LogP contribution is -2.12. The van der Waals surface area contributed by atoms with Crippen LogP contribution in [0.3, 0.4) is 0 Å². The topological polar surface area (TPSA) is 103 Å². The Hall–Kier alpha value is -3.72. The SMILES string of the molecule is NS(=O)(=O)c1ccc(-n2cc(-c3ccc(Cl)cc3)c3c(NCc4ccccc4)ncnc32)cc1. The van der Waals surface area contributed by atoms with Gasteiger partial charge in [-0.1, -0.05) is 54.1 Å². The molecule has 0 radical (unpaired) electrons. The first-order valence-corrected chi connectivity index (χ1v) is 12.4. The van der Waals surface area contributed by atoms with Crippen molar-refractivity contribution in [3.63, 3.8) is 0 Å². The van der Waals surface area contributed by atoms with Crippen LogP contribution in [0, 0.1) is 0 Å². The summed E-state index contributed by atoms with van der Waals surface area (Å²) in [6, 6.07) is 24.0. The van der Waals surface area contributed by atoms with E-state index in [-0.39, 0.29) is 4.90 Å². The standard InChI is InChI=1S/C25H20ClN5O2S/c26-19-8-6-18(7-9-19)22-15-31(20-10-12-21(13-11-20)34(27,32)33)25-23(22)24(29-16-30-25)28-14-17-4-2-1-3-5-17/h1-13,15-16H,14H2,(H2,27,32,33)(H,28,29,30).